The Morgan fingerprint density at radius 2 is 2.06 bits per heavy atom. The van der Waals surface area contributed by atoms with E-state index in [0.29, 0.717) is 25.5 Å². The van der Waals surface area contributed by atoms with Crippen molar-refractivity contribution >= 4 is 23.6 Å². The lowest BCUT2D eigenvalue weighted by molar-refractivity contribution is -0.158. The average molecular weight is 273 g/mol. The van der Waals surface area contributed by atoms with Crippen LogP contribution < -0.4 is 0 Å². The van der Waals surface area contributed by atoms with Gasteiger partial charge >= 0.3 is 5.97 Å². The molecule has 0 saturated carbocycles. The highest BCUT2D eigenvalue weighted by Gasteiger charge is 2.33. The Kier molecular flexibility index (Phi) is 4.88. The second-order valence-corrected chi connectivity index (χ2v) is 6.00. The largest absolute Gasteiger partial charge is 0.480 e. The van der Waals surface area contributed by atoms with Crippen LogP contribution in [0.4, 0.5) is 0 Å². The van der Waals surface area contributed by atoms with Crippen LogP contribution in [0.25, 0.3) is 0 Å². The van der Waals surface area contributed by atoms with E-state index in [1.807, 2.05) is 11.8 Å². The molecule has 0 bridgehead atoms. The van der Waals surface area contributed by atoms with Crippen LogP contribution in [0.5, 0.6) is 0 Å². The number of carbonyl (C=O) groups is 2. The number of amides is 1. The summed E-state index contributed by atoms with van der Waals surface area (Å²) in [5, 5.41) is 9.09. The molecule has 2 aliphatic heterocycles. The predicted molar refractivity (Wildman–Crippen MR) is 68.6 cm³/mol. The lowest BCUT2D eigenvalue weighted by atomic mass is 9.97. The summed E-state index contributed by atoms with van der Waals surface area (Å²) in [5.74, 6) is 1.66. The van der Waals surface area contributed by atoms with E-state index in [2.05, 4.69) is 0 Å². The number of carboxylic acid groups (broad SMARTS) is 1. The van der Waals surface area contributed by atoms with E-state index in [1.54, 1.807) is 0 Å². The third-order valence-electron chi connectivity index (χ3n) is 3.54. The number of carboxylic acids is 1. The summed E-state index contributed by atoms with van der Waals surface area (Å²) >= 11 is 1.93. The molecule has 1 unspecified atom stereocenters. The third-order valence-corrected chi connectivity index (χ3v) is 4.59. The zero-order chi connectivity index (χ0) is 13.0. The third kappa shape index (κ3) is 3.38. The van der Waals surface area contributed by atoms with Crippen molar-refractivity contribution in [3.8, 4) is 0 Å². The zero-order valence-electron chi connectivity index (χ0n) is 10.3. The molecule has 2 aliphatic rings. The van der Waals surface area contributed by atoms with E-state index in [1.165, 1.54) is 4.90 Å². The van der Waals surface area contributed by atoms with E-state index >= 15 is 0 Å². The van der Waals surface area contributed by atoms with Crippen LogP contribution in [0, 0.1) is 5.92 Å². The first kappa shape index (κ1) is 13.7. The van der Waals surface area contributed by atoms with Crippen molar-refractivity contribution in [1.82, 2.24) is 4.90 Å². The Labute approximate surface area is 111 Å². The molecule has 2 heterocycles. The first-order chi connectivity index (χ1) is 8.68. The summed E-state index contributed by atoms with van der Waals surface area (Å²) in [4.78, 5) is 24.7. The van der Waals surface area contributed by atoms with Gasteiger partial charge in [-0.3, -0.25) is 4.79 Å². The van der Waals surface area contributed by atoms with Gasteiger partial charge < -0.3 is 14.7 Å². The lowest BCUT2D eigenvalue weighted by Gasteiger charge is -2.34. The number of ether oxygens (including phenoxy) is 1. The molecule has 2 saturated heterocycles. The molecule has 0 spiro atoms. The van der Waals surface area contributed by atoms with Gasteiger partial charge in [0.05, 0.1) is 13.2 Å². The Balaban J connectivity index is 1.91. The van der Waals surface area contributed by atoms with Crippen LogP contribution in [0.3, 0.4) is 0 Å². The summed E-state index contributed by atoms with van der Waals surface area (Å²) in [6.45, 7) is 0.953. The molecular formula is C12H19NO4S. The van der Waals surface area contributed by atoms with Crippen LogP contribution in [0.1, 0.15) is 19.3 Å². The minimum atomic E-state index is -0.970. The van der Waals surface area contributed by atoms with E-state index in [4.69, 9.17) is 9.84 Å². The van der Waals surface area contributed by atoms with Crippen molar-refractivity contribution in [1.29, 1.82) is 0 Å². The average Bonchev–Trinajstić information content (AvgIpc) is 2.40. The fourth-order valence-electron chi connectivity index (χ4n) is 2.42. The Bertz CT molecular complexity index is 317. The maximum Gasteiger partial charge on any atom is 0.328 e. The molecule has 0 aliphatic carbocycles. The van der Waals surface area contributed by atoms with Crippen LogP contribution in [-0.2, 0) is 14.3 Å². The standard InChI is InChI=1S/C12H19NO4S/c14-11(7-9-1-5-18-6-2-9)13-3-4-17-8-10(13)12(15)16/h9-10H,1-8H2,(H,15,16). The molecule has 1 atom stereocenters. The summed E-state index contributed by atoms with van der Waals surface area (Å²) < 4.78 is 5.14. The zero-order valence-corrected chi connectivity index (χ0v) is 11.2. The quantitative estimate of drug-likeness (QED) is 0.825. The number of rotatable bonds is 3. The first-order valence-corrected chi connectivity index (χ1v) is 7.51. The highest BCUT2D eigenvalue weighted by atomic mass is 32.2. The van der Waals surface area contributed by atoms with Crippen LogP contribution in [0.15, 0.2) is 0 Å². The first-order valence-electron chi connectivity index (χ1n) is 6.36. The van der Waals surface area contributed by atoms with Crippen molar-refractivity contribution in [3.63, 3.8) is 0 Å². The molecule has 0 radical (unpaired) electrons. The molecule has 0 aromatic heterocycles. The number of hydrogen-bond acceptors (Lipinski definition) is 4. The van der Waals surface area contributed by atoms with Gasteiger partial charge in [-0.2, -0.15) is 11.8 Å². The highest BCUT2D eigenvalue weighted by molar-refractivity contribution is 7.99. The van der Waals surface area contributed by atoms with Gasteiger partial charge in [0.1, 0.15) is 0 Å². The van der Waals surface area contributed by atoms with Gasteiger partial charge in [0.25, 0.3) is 0 Å². The van der Waals surface area contributed by atoms with Crippen molar-refractivity contribution in [3.05, 3.63) is 0 Å². The Hall–Kier alpha value is -0.750. The maximum atomic E-state index is 12.2. The predicted octanol–water partition coefficient (Wildman–Crippen LogP) is 0.832. The number of aliphatic carboxylic acids is 1. The van der Waals surface area contributed by atoms with Gasteiger partial charge in [0, 0.05) is 13.0 Å². The summed E-state index contributed by atoms with van der Waals surface area (Å²) in [6.07, 6.45) is 2.63. The van der Waals surface area contributed by atoms with Crippen molar-refractivity contribution < 1.29 is 19.4 Å². The van der Waals surface area contributed by atoms with E-state index in [9.17, 15) is 9.59 Å². The van der Waals surface area contributed by atoms with Gasteiger partial charge in [-0.1, -0.05) is 0 Å². The molecule has 0 aromatic carbocycles. The second kappa shape index (κ2) is 6.43. The second-order valence-electron chi connectivity index (χ2n) is 4.78. The Morgan fingerprint density at radius 3 is 2.72 bits per heavy atom. The molecule has 102 valence electrons. The monoisotopic (exact) mass is 273 g/mol. The number of morpholine rings is 1. The van der Waals surface area contributed by atoms with Gasteiger partial charge in [0.15, 0.2) is 6.04 Å². The van der Waals surface area contributed by atoms with Crippen molar-refractivity contribution in [2.75, 3.05) is 31.3 Å². The van der Waals surface area contributed by atoms with Gasteiger partial charge in [-0.25, -0.2) is 4.79 Å². The van der Waals surface area contributed by atoms with Crippen LogP contribution in [0.2, 0.25) is 0 Å². The molecule has 2 fully saturated rings. The molecule has 2 rings (SSSR count). The summed E-state index contributed by atoms with van der Waals surface area (Å²) in [6, 6.07) is -0.802. The summed E-state index contributed by atoms with van der Waals surface area (Å²) in [7, 11) is 0. The maximum absolute atomic E-state index is 12.2. The number of nitrogens with zero attached hydrogens (tertiary/aromatic N) is 1. The minimum absolute atomic E-state index is 0.0254. The van der Waals surface area contributed by atoms with E-state index in [0.717, 1.165) is 24.3 Å². The normalized spacial score (nSPS) is 26.0. The highest BCUT2D eigenvalue weighted by Crippen LogP contribution is 2.26. The molecule has 6 heteroatoms. The SMILES string of the molecule is O=C(O)C1COCCN1C(=O)CC1CCSCC1. The van der Waals surface area contributed by atoms with Crippen LogP contribution in [-0.4, -0.2) is 59.2 Å². The van der Waals surface area contributed by atoms with Gasteiger partial charge in [0.2, 0.25) is 5.91 Å². The van der Waals surface area contributed by atoms with E-state index in [-0.39, 0.29) is 12.5 Å². The lowest BCUT2D eigenvalue weighted by Crippen LogP contribution is -2.52. The molecule has 5 nitrogen and oxygen atoms in total. The fourth-order valence-corrected chi connectivity index (χ4v) is 3.63. The molecule has 0 aromatic rings. The fraction of sp³-hybridized carbons (Fsp3) is 0.833. The Morgan fingerprint density at radius 1 is 1.33 bits per heavy atom. The molecule has 1 N–H and O–H groups in total. The van der Waals surface area contributed by atoms with Crippen LogP contribution >= 0.6 is 11.8 Å². The van der Waals surface area contributed by atoms with Gasteiger partial charge in [-0.05, 0) is 30.3 Å². The number of carbonyl (C=O) groups excluding carboxylic acids is 1. The summed E-state index contributed by atoms with van der Waals surface area (Å²) in [5.41, 5.74) is 0. The van der Waals surface area contributed by atoms with Crippen molar-refractivity contribution in [2.45, 2.75) is 25.3 Å². The minimum Gasteiger partial charge on any atom is -0.480 e. The van der Waals surface area contributed by atoms with E-state index < -0.39 is 12.0 Å². The molecular weight excluding hydrogens is 254 g/mol. The molecule has 18 heavy (non-hydrogen) atoms. The topological polar surface area (TPSA) is 66.8 Å². The van der Waals surface area contributed by atoms with Gasteiger partial charge in [-0.15, -0.1) is 0 Å². The smallest absolute Gasteiger partial charge is 0.328 e. The van der Waals surface area contributed by atoms with Crippen molar-refractivity contribution in [2.24, 2.45) is 5.92 Å². The molecule has 1 amide bonds. The number of thioether (sulfide) groups is 1. The number of hydrogen-bond donors (Lipinski definition) is 1.